The predicted molar refractivity (Wildman–Crippen MR) is 64.6 cm³/mol. The van der Waals surface area contributed by atoms with Crippen molar-refractivity contribution in [3.63, 3.8) is 0 Å². The predicted octanol–water partition coefficient (Wildman–Crippen LogP) is 1.29. The molecule has 1 aliphatic heterocycles. The fraction of sp³-hybridized carbons (Fsp3) is 0.462. The van der Waals surface area contributed by atoms with E-state index < -0.39 is 0 Å². The number of hydrogen-bond acceptors (Lipinski definition) is 3. The van der Waals surface area contributed by atoms with E-state index in [1.165, 1.54) is 12.0 Å². The summed E-state index contributed by atoms with van der Waals surface area (Å²) in [6.07, 6.45) is 2.10. The number of carbonyl (C=O) groups excluding carboxylic acids is 1. The van der Waals surface area contributed by atoms with Crippen LogP contribution in [-0.2, 0) is 6.54 Å². The molecule has 0 atom stereocenters. The lowest BCUT2D eigenvalue weighted by Gasteiger charge is -2.19. The van der Waals surface area contributed by atoms with Gasteiger partial charge in [0.15, 0.2) is 0 Å². The molecule has 0 bridgehead atoms. The molecule has 3 heteroatoms. The summed E-state index contributed by atoms with van der Waals surface area (Å²) in [5, 5.41) is 3.39. The van der Waals surface area contributed by atoms with E-state index >= 15 is 0 Å². The van der Waals surface area contributed by atoms with Crippen LogP contribution < -0.4 is 5.32 Å². The van der Waals surface area contributed by atoms with Crippen molar-refractivity contribution in [3.05, 3.63) is 35.4 Å². The molecule has 0 saturated carbocycles. The Balaban J connectivity index is 1.93. The van der Waals surface area contributed by atoms with Crippen LogP contribution in [0.2, 0.25) is 0 Å². The maximum Gasteiger partial charge on any atom is 0.150 e. The minimum Gasteiger partial charge on any atom is -0.315 e. The van der Waals surface area contributed by atoms with Crippen LogP contribution in [0, 0.1) is 0 Å². The van der Waals surface area contributed by atoms with Gasteiger partial charge in [0.05, 0.1) is 0 Å². The summed E-state index contributed by atoms with van der Waals surface area (Å²) in [6.45, 7) is 5.45. The van der Waals surface area contributed by atoms with Crippen LogP contribution in [0.1, 0.15) is 22.3 Å². The molecule has 0 amide bonds. The Bertz CT molecular complexity index is 326. The summed E-state index contributed by atoms with van der Waals surface area (Å²) in [7, 11) is 0. The number of benzene rings is 1. The van der Waals surface area contributed by atoms with Gasteiger partial charge in [0, 0.05) is 25.2 Å². The van der Waals surface area contributed by atoms with Crippen molar-refractivity contribution in [1.82, 2.24) is 10.2 Å². The summed E-state index contributed by atoms with van der Waals surface area (Å²) in [4.78, 5) is 13.0. The highest BCUT2D eigenvalue weighted by molar-refractivity contribution is 5.74. The lowest BCUT2D eigenvalue weighted by molar-refractivity contribution is 0.112. The molecule has 1 aromatic rings. The third-order valence-electron chi connectivity index (χ3n) is 2.95. The quantitative estimate of drug-likeness (QED) is 0.776. The number of rotatable bonds is 3. The molecule has 1 aromatic carbocycles. The second-order valence-electron chi connectivity index (χ2n) is 4.24. The highest BCUT2D eigenvalue weighted by Gasteiger charge is 2.08. The summed E-state index contributed by atoms with van der Waals surface area (Å²) < 4.78 is 0. The molecule has 16 heavy (non-hydrogen) atoms. The number of nitrogens with zero attached hydrogens (tertiary/aromatic N) is 1. The highest BCUT2D eigenvalue weighted by atomic mass is 16.1. The molecule has 1 aliphatic rings. The zero-order chi connectivity index (χ0) is 11.2. The van der Waals surface area contributed by atoms with Gasteiger partial charge in [-0.05, 0) is 25.1 Å². The summed E-state index contributed by atoms with van der Waals surface area (Å²) in [5.74, 6) is 0. The van der Waals surface area contributed by atoms with Crippen molar-refractivity contribution < 1.29 is 4.79 Å². The molecule has 0 aliphatic carbocycles. The molecule has 1 saturated heterocycles. The Morgan fingerprint density at radius 2 is 2.00 bits per heavy atom. The van der Waals surface area contributed by atoms with Crippen molar-refractivity contribution in [2.75, 3.05) is 26.2 Å². The van der Waals surface area contributed by atoms with Crippen LogP contribution in [0.15, 0.2) is 24.3 Å². The lowest BCUT2D eigenvalue weighted by Crippen LogP contribution is -2.27. The van der Waals surface area contributed by atoms with E-state index in [2.05, 4.69) is 10.2 Å². The summed E-state index contributed by atoms with van der Waals surface area (Å²) in [6, 6.07) is 7.86. The molecular formula is C13H18N2O. The van der Waals surface area contributed by atoms with Gasteiger partial charge in [-0.1, -0.05) is 24.3 Å². The number of nitrogens with one attached hydrogen (secondary N) is 1. The Hall–Kier alpha value is -1.19. The Kier molecular flexibility index (Phi) is 4.08. The zero-order valence-corrected chi connectivity index (χ0v) is 9.48. The smallest absolute Gasteiger partial charge is 0.150 e. The van der Waals surface area contributed by atoms with E-state index in [0.29, 0.717) is 0 Å². The Labute approximate surface area is 96.5 Å². The fourth-order valence-electron chi connectivity index (χ4n) is 2.02. The first-order valence-corrected chi connectivity index (χ1v) is 5.86. The van der Waals surface area contributed by atoms with Crippen molar-refractivity contribution in [2.45, 2.75) is 13.0 Å². The van der Waals surface area contributed by atoms with Gasteiger partial charge >= 0.3 is 0 Å². The first-order chi connectivity index (χ1) is 7.88. The third-order valence-corrected chi connectivity index (χ3v) is 2.95. The highest BCUT2D eigenvalue weighted by Crippen LogP contribution is 2.07. The lowest BCUT2D eigenvalue weighted by atomic mass is 10.1. The van der Waals surface area contributed by atoms with Gasteiger partial charge in [0.2, 0.25) is 0 Å². The average Bonchev–Trinajstić information content (AvgIpc) is 2.59. The number of carbonyl (C=O) groups is 1. The van der Waals surface area contributed by atoms with E-state index in [1.54, 1.807) is 0 Å². The van der Waals surface area contributed by atoms with Crippen molar-refractivity contribution in [2.24, 2.45) is 0 Å². The minimum atomic E-state index is 0.751. The van der Waals surface area contributed by atoms with Crippen molar-refractivity contribution >= 4 is 6.29 Å². The van der Waals surface area contributed by atoms with Crippen LogP contribution in [-0.4, -0.2) is 37.4 Å². The largest absolute Gasteiger partial charge is 0.315 e. The molecule has 0 unspecified atom stereocenters. The van der Waals surface area contributed by atoms with E-state index in [1.807, 2.05) is 24.3 Å². The molecule has 2 rings (SSSR count). The Morgan fingerprint density at radius 1 is 1.19 bits per heavy atom. The average molecular weight is 218 g/mol. The molecule has 1 heterocycles. The normalized spacial score (nSPS) is 18.0. The minimum absolute atomic E-state index is 0.751. The summed E-state index contributed by atoms with van der Waals surface area (Å²) in [5.41, 5.74) is 2.04. The first kappa shape index (κ1) is 11.3. The van der Waals surface area contributed by atoms with Gasteiger partial charge in [-0.3, -0.25) is 9.69 Å². The number of hydrogen-bond donors (Lipinski definition) is 1. The Morgan fingerprint density at radius 3 is 2.75 bits per heavy atom. The van der Waals surface area contributed by atoms with Crippen molar-refractivity contribution in [3.8, 4) is 0 Å². The van der Waals surface area contributed by atoms with Crippen LogP contribution >= 0.6 is 0 Å². The van der Waals surface area contributed by atoms with Gasteiger partial charge in [-0.25, -0.2) is 0 Å². The maximum absolute atomic E-state index is 10.5. The van der Waals surface area contributed by atoms with Crippen LogP contribution in [0.5, 0.6) is 0 Å². The monoisotopic (exact) mass is 218 g/mol. The zero-order valence-electron chi connectivity index (χ0n) is 9.48. The second kappa shape index (κ2) is 5.77. The first-order valence-electron chi connectivity index (χ1n) is 5.86. The van der Waals surface area contributed by atoms with Gasteiger partial charge in [-0.15, -0.1) is 0 Å². The summed E-state index contributed by atoms with van der Waals surface area (Å²) >= 11 is 0. The molecule has 0 aromatic heterocycles. The van der Waals surface area contributed by atoms with Crippen LogP contribution in [0.4, 0.5) is 0 Å². The molecule has 1 fully saturated rings. The molecular weight excluding hydrogens is 200 g/mol. The molecule has 0 spiro atoms. The third kappa shape index (κ3) is 3.15. The van der Waals surface area contributed by atoms with E-state index in [4.69, 9.17) is 0 Å². The maximum atomic E-state index is 10.5. The van der Waals surface area contributed by atoms with Crippen molar-refractivity contribution in [1.29, 1.82) is 0 Å². The van der Waals surface area contributed by atoms with Gasteiger partial charge in [0.25, 0.3) is 0 Å². The molecule has 86 valence electrons. The van der Waals surface area contributed by atoms with Crippen LogP contribution in [0.25, 0.3) is 0 Å². The second-order valence-corrected chi connectivity index (χ2v) is 4.24. The van der Waals surface area contributed by atoms with E-state index in [9.17, 15) is 4.79 Å². The standard InChI is InChI=1S/C13H18N2O/c16-11-13-4-2-12(3-5-13)10-15-8-1-6-14-7-9-15/h2-5,11,14H,1,6-10H2. The van der Waals surface area contributed by atoms with E-state index in [0.717, 1.165) is 44.6 Å². The molecule has 0 radical (unpaired) electrons. The van der Waals surface area contributed by atoms with Gasteiger partial charge < -0.3 is 5.32 Å². The van der Waals surface area contributed by atoms with Crippen LogP contribution in [0.3, 0.4) is 0 Å². The molecule has 3 nitrogen and oxygen atoms in total. The van der Waals surface area contributed by atoms with Gasteiger partial charge in [-0.2, -0.15) is 0 Å². The topological polar surface area (TPSA) is 32.3 Å². The van der Waals surface area contributed by atoms with E-state index in [-0.39, 0.29) is 0 Å². The SMILES string of the molecule is O=Cc1ccc(CN2CCCNCC2)cc1. The fourth-order valence-corrected chi connectivity index (χ4v) is 2.02. The molecule has 1 N–H and O–H groups in total. The number of aldehydes is 1. The van der Waals surface area contributed by atoms with Gasteiger partial charge in [0.1, 0.15) is 6.29 Å².